The van der Waals surface area contributed by atoms with E-state index in [0.29, 0.717) is 0 Å². The Kier molecular flexibility index (Phi) is 2.05. The van der Waals surface area contributed by atoms with Gasteiger partial charge in [0.25, 0.3) is 0 Å². The first-order chi connectivity index (χ1) is 8.25. The van der Waals surface area contributed by atoms with Crippen molar-refractivity contribution in [1.82, 2.24) is 4.98 Å². The highest BCUT2D eigenvalue weighted by atomic mass is 14.7. The molecule has 0 aliphatic carbocycles. The van der Waals surface area contributed by atoms with E-state index in [9.17, 15) is 0 Å². The van der Waals surface area contributed by atoms with Crippen molar-refractivity contribution >= 4 is 22.3 Å². The summed E-state index contributed by atoms with van der Waals surface area (Å²) in [5, 5.41) is 1.17. The molecule has 0 unspecified atom stereocenters. The third kappa shape index (κ3) is 1.52. The minimum atomic E-state index is 0.720. The van der Waals surface area contributed by atoms with E-state index in [1.807, 2.05) is 42.6 Å². The zero-order valence-corrected chi connectivity index (χ0v) is 9.27. The molecular weight excluding hydrogens is 210 g/mol. The van der Waals surface area contributed by atoms with Crippen molar-refractivity contribution in [2.75, 3.05) is 11.5 Å². The lowest BCUT2D eigenvalue weighted by atomic mass is 10.0. The van der Waals surface area contributed by atoms with Gasteiger partial charge in [0.2, 0.25) is 0 Å². The largest absolute Gasteiger partial charge is 0.399 e. The van der Waals surface area contributed by atoms with Gasteiger partial charge in [-0.2, -0.15) is 0 Å². The molecule has 0 saturated carbocycles. The SMILES string of the molecule is Nc1ccc(N)c(-c2cccc3cc[nH]c23)c1. The Labute approximate surface area is 99.1 Å². The number of aromatic nitrogens is 1. The summed E-state index contributed by atoms with van der Waals surface area (Å²) in [4.78, 5) is 3.24. The standard InChI is InChI=1S/C14H13N3/c15-10-4-5-13(16)12(8-10)11-3-1-2-9-6-7-17-14(9)11/h1-8,17H,15-16H2. The molecule has 0 aliphatic rings. The number of hydrogen-bond acceptors (Lipinski definition) is 2. The fourth-order valence-electron chi connectivity index (χ4n) is 2.12. The molecule has 1 aromatic heterocycles. The summed E-state index contributed by atoms with van der Waals surface area (Å²) < 4.78 is 0. The molecule has 2 aromatic carbocycles. The second-order valence-corrected chi connectivity index (χ2v) is 4.09. The Balaban J connectivity index is 2.34. The molecule has 3 rings (SSSR count). The van der Waals surface area contributed by atoms with E-state index in [-0.39, 0.29) is 0 Å². The molecule has 0 saturated heterocycles. The molecular formula is C14H13N3. The van der Waals surface area contributed by atoms with Gasteiger partial charge in [-0.3, -0.25) is 0 Å². The molecule has 0 spiro atoms. The molecule has 5 N–H and O–H groups in total. The first-order valence-electron chi connectivity index (χ1n) is 5.47. The fraction of sp³-hybridized carbons (Fsp3) is 0. The van der Waals surface area contributed by atoms with Crippen molar-refractivity contribution in [3.05, 3.63) is 48.7 Å². The third-order valence-electron chi connectivity index (χ3n) is 2.95. The van der Waals surface area contributed by atoms with Gasteiger partial charge in [0.05, 0.1) is 5.52 Å². The van der Waals surface area contributed by atoms with Crippen molar-refractivity contribution in [3.8, 4) is 11.1 Å². The maximum absolute atomic E-state index is 6.01. The van der Waals surface area contributed by atoms with Crippen LogP contribution in [0.5, 0.6) is 0 Å². The Morgan fingerprint density at radius 1 is 0.882 bits per heavy atom. The van der Waals surface area contributed by atoms with Gasteiger partial charge in [0, 0.05) is 28.7 Å². The minimum absolute atomic E-state index is 0.720. The number of para-hydroxylation sites is 1. The van der Waals surface area contributed by atoms with E-state index < -0.39 is 0 Å². The van der Waals surface area contributed by atoms with Crippen molar-refractivity contribution < 1.29 is 0 Å². The van der Waals surface area contributed by atoms with Crippen LogP contribution in [0.1, 0.15) is 0 Å². The van der Waals surface area contributed by atoms with Gasteiger partial charge in [0.15, 0.2) is 0 Å². The molecule has 3 heteroatoms. The predicted octanol–water partition coefficient (Wildman–Crippen LogP) is 3.00. The van der Waals surface area contributed by atoms with E-state index in [1.54, 1.807) is 0 Å². The number of hydrogen-bond donors (Lipinski definition) is 3. The summed E-state index contributed by atoms with van der Waals surface area (Å²) in [6.45, 7) is 0. The van der Waals surface area contributed by atoms with E-state index in [2.05, 4.69) is 11.1 Å². The molecule has 1 heterocycles. The summed E-state index contributed by atoms with van der Waals surface area (Å²) in [6, 6.07) is 13.7. The lowest BCUT2D eigenvalue weighted by Gasteiger charge is -2.08. The summed E-state index contributed by atoms with van der Waals surface area (Å²) in [5.74, 6) is 0. The topological polar surface area (TPSA) is 67.8 Å². The first-order valence-corrected chi connectivity index (χ1v) is 5.47. The average molecular weight is 223 g/mol. The van der Waals surface area contributed by atoms with Gasteiger partial charge in [-0.1, -0.05) is 18.2 Å². The number of rotatable bonds is 1. The van der Waals surface area contributed by atoms with Gasteiger partial charge < -0.3 is 16.5 Å². The van der Waals surface area contributed by atoms with Crippen molar-refractivity contribution in [2.45, 2.75) is 0 Å². The molecule has 0 amide bonds. The van der Waals surface area contributed by atoms with E-state index in [0.717, 1.165) is 28.0 Å². The number of nitrogens with two attached hydrogens (primary N) is 2. The first kappa shape index (κ1) is 9.78. The molecule has 0 atom stereocenters. The zero-order chi connectivity index (χ0) is 11.8. The summed E-state index contributed by atoms with van der Waals surface area (Å²) in [7, 11) is 0. The van der Waals surface area contributed by atoms with Crippen LogP contribution in [0, 0.1) is 0 Å². The van der Waals surface area contributed by atoms with Crippen molar-refractivity contribution in [2.24, 2.45) is 0 Å². The number of nitrogen functional groups attached to an aromatic ring is 2. The van der Waals surface area contributed by atoms with Crippen LogP contribution < -0.4 is 11.5 Å². The van der Waals surface area contributed by atoms with Crippen LogP contribution in [-0.2, 0) is 0 Å². The predicted molar refractivity (Wildman–Crippen MR) is 72.6 cm³/mol. The van der Waals surface area contributed by atoms with Gasteiger partial charge >= 0.3 is 0 Å². The van der Waals surface area contributed by atoms with Crippen LogP contribution in [0.25, 0.3) is 22.0 Å². The maximum atomic E-state index is 6.01. The number of nitrogens with one attached hydrogen (secondary N) is 1. The quantitative estimate of drug-likeness (QED) is 0.555. The Morgan fingerprint density at radius 3 is 2.65 bits per heavy atom. The molecule has 0 bridgehead atoms. The Bertz CT molecular complexity index is 683. The molecule has 84 valence electrons. The lowest BCUT2D eigenvalue weighted by Crippen LogP contribution is -1.93. The van der Waals surface area contributed by atoms with Crippen LogP contribution in [0.2, 0.25) is 0 Å². The number of benzene rings is 2. The molecule has 0 aliphatic heterocycles. The molecule has 3 nitrogen and oxygen atoms in total. The van der Waals surface area contributed by atoms with E-state index >= 15 is 0 Å². The van der Waals surface area contributed by atoms with E-state index in [4.69, 9.17) is 11.5 Å². The van der Waals surface area contributed by atoms with Crippen molar-refractivity contribution in [3.63, 3.8) is 0 Å². The highest BCUT2D eigenvalue weighted by Crippen LogP contribution is 2.32. The minimum Gasteiger partial charge on any atom is -0.399 e. The van der Waals surface area contributed by atoms with Crippen LogP contribution in [-0.4, -0.2) is 4.98 Å². The van der Waals surface area contributed by atoms with Crippen LogP contribution >= 0.6 is 0 Å². The van der Waals surface area contributed by atoms with Crippen LogP contribution in [0.15, 0.2) is 48.7 Å². The zero-order valence-electron chi connectivity index (χ0n) is 9.27. The second kappa shape index (κ2) is 3.56. The van der Waals surface area contributed by atoms with Gasteiger partial charge in [-0.15, -0.1) is 0 Å². The normalized spacial score (nSPS) is 10.8. The number of aromatic amines is 1. The summed E-state index contributed by atoms with van der Waals surface area (Å²) in [5.41, 5.74) is 16.4. The monoisotopic (exact) mass is 223 g/mol. The van der Waals surface area contributed by atoms with E-state index in [1.165, 1.54) is 5.39 Å². The molecule has 0 fully saturated rings. The summed E-state index contributed by atoms with van der Waals surface area (Å²) in [6.07, 6.45) is 1.93. The van der Waals surface area contributed by atoms with Crippen molar-refractivity contribution in [1.29, 1.82) is 0 Å². The average Bonchev–Trinajstić information content (AvgIpc) is 2.80. The number of fused-ring (bicyclic) bond motifs is 1. The highest BCUT2D eigenvalue weighted by Gasteiger charge is 2.07. The maximum Gasteiger partial charge on any atom is 0.0534 e. The van der Waals surface area contributed by atoms with Gasteiger partial charge in [0.1, 0.15) is 0 Å². The van der Waals surface area contributed by atoms with Gasteiger partial charge in [-0.05, 0) is 29.7 Å². The third-order valence-corrected chi connectivity index (χ3v) is 2.95. The molecule has 17 heavy (non-hydrogen) atoms. The molecule has 3 aromatic rings. The fourth-order valence-corrected chi connectivity index (χ4v) is 2.12. The van der Waals surface area contributed by atoms with Crippen LogP contribution in [0.3, 0.4) is 0 Å². The highest BCUT2D eigenvalue weighted by molar-refractivity contribution is 5.97. The Hall–Kier alpha value is -2.42. The summed E-state index contributed by atoms with van der Waals surface area (Å²) >= 11 is 0. The van der Waals surface area contributed by atoms with Crippen LogP contribution in [0.4, 0.5) is 11.4 Å². The molecule has 0 radical (unpaired) electrons. The Morgan fingerprint density at radius 2 is 1.76 bits per heavy atom. The lowest BCUT2D eigenvalue weighted by molar-refractivity contribution is 1.47. The number of anilines is 2. The van der Waals surface area contributed by atoms with Gasteiger partial charge in [-0.25, -0.2) is 0 Å². The smallest absolute Gasteiger partial charge is 0.0534 e. The number of H-pyrrole nitrogens is 1. The second-order valence-electron chi connectivity index (χ2n) is 4.09.